The van der Waals surface area contributed by atoms with E-state index in [1.807, 2.05) is 37.3 Å². The zero-order valence-electron chi connectivity index (χ0n) is 15.0. The molecule has 1 heterocycles. The van der Waals surface area contributed by atoms with Gasteiger partial charge in [0.25, 0.3) is 0 Å². The van der Waals surface area contributed by atoms with Crippen molar-refractivity contribution >= 4 is 17.5 Å². The van der Waals surface area contributed by atoms with Gasteiger partial charge in [-0.25, -0.2) is 0 Å². The summed E-state index contributed by atoms with van der Waals surface area (Å²) in [5.41, 5.74) is 3.88. The number of amides is 1. The van der Waals surface area contributed by atoms with Crippen molar-refractivity contribution in [2.24, 2.45) is 0 Å². The zero-order valence-corrected chi connectivity index (χ0v) is 15.8. The molecule has 1 aromatic heterocycles. The quantitative estimate of drug-likeness (QED) is 0.657. The highest BCUT2D eigenvalue weighted by atomic mass is 35.5. The van der Waals surface area contributed by atoms with Crippen molar-refractivity contribution in [3.05, 3.63) is 94.3 Å². The Labute approximate surface area is 163 Å². The van der Waals surface area contributed by atoms with Crippen molar-refractivity contribution in [1.29, 1.82) is 0 Å². The van der Waals surface area contributed by atoms with Crippen LogP contribution in [0.25, 0.3) is 0 Å². The molecule has 0 saturated heterocycles. The molecule has 0 saturated carbocycles. The number of carbonyl (C=O) groups excluding carboxylic acids is 1. The Bertz CT molecular complexity index is 897. The lowest BCUT2D eigenvalue weighted by molar-refractivity contribution is -0.121. The summed E-state index contributed by atoms with van der Waals surface area (Å²) in [7, 11) is 0. The summed E-state index contributed by atoms with van der Waals surface area (Å²) >= 11 is 6.15. The number of aryl methyl sites for hydroxylation is 1. The number of hydrogen-bond acceptors (Lipinski definition) is 3. The monoisotopic (exact) mass is 380 g/mol. The molecule has 0 aliphatic heterocycles. The van der Waals surface area contributed by atoms with Crippen molar-refractivity contribution < 1.29 is 9.90 Å². The van der Waals surface area contributed by atoms with Gasteiger partial charge in [-0.1, -0.05) is 35.9 Å². The Kier molecular flexibility index (Phi) is 6.09. The number of rotatable bonds is 6. The number of phenols is 1. The Morgan fingerprint density at radius 2 is 1.89 bits per heavy atom. The maximum Gasteiger partial charge on any atom is 0.221 e. The molecule has 2 N–H and O–H groups in total. The maximum atomic E-state index is 12.6. The normalized spacial score (nSPS) is 11.8. The number of nitrogens with one attached hydrogen (secondary N) is 1. The van der Waals surface area contributed by atoms with Crippen molar-refractivity contribution in [2.75, 3.05) is 0 Å². The third-order valence-corrected chi connectivity index (χ3v) is 4.76. The average molecular weight is 381 g/mol. The van der Waals surface area contributed by atoms with Crippen molar-refractivity contribution in [3.8, 4) is 5.75 Å². The van der Waals surface area contributed by atoms with Crippen LogP contribution in [0.4, 0.5) is 0 Å². The largest absolute Gasteiger partial charge is 0.508 e. The van der Waals surface area contributed by atoms with Gasteiger partial charge < -0.3 is 10.4 Å². The number of halogens is 1. The molecule has 0 radical (unpaired) electrons. The number of nitrogens with zero attached hydrogens (tertiary/aromatic N) is 1. The second kappa shape index (κ2) is 8.69. The lowest BCUT2D eigenvalue weighted by Crippen LogP contribution is -2.25. The first-order chi connectivity index (χ1) is 13.0. The molecular formula is C22H21ClN2O2. The minimum Gasteiger partial charge on any atom is -0.508 e. The van der Waals surface area contributed by atoms with Gasteiger partial charge in [0.15, 0.2) is 0 Å². The number of phenolic OH excluding ortho intramolecular Hbond substituents is 1. The van der Waals surface area contributed by atoms with Crippen LogP contribution < -0.4 is 5.32 Å². The van der Waals surface area contributed by atoms with E-state index in [1.54, 1.807) is 36.7 Å². The van der Waals surface area contributed by atoms with Crippen LogP contribution in [0.3, 0.4) is 0 Å². The standard InChI is InChI=1S/C22H21ClN2O2/c1-15-13-24-9-8-18(15)14-25-22(27)12-21(16-4-2-6-19(23)10-16)17-5-3-7-20(26)11-17/h2-11,13,21,26H,12,14H2,1H3,(H,25,27)/t21-/m0/s1. The summed E-state index contributed by atoms with van der Waals surface area (Å²) in [5.74, 6) is -0.0961. The number of aromatic nitrogens is 1. The van der Waals surface area contributed by atoms with Gasteiger partial charge in [0, 0.05) is 36.3 Å². The first-order valence-electron chi connectivity index (χ1n) is 8.73. The van der Waals surface area contributed by atoms with E-state index in [2.05, 4.69) is 10.3 Å². The lowest BCUT2D eigenvalue weighted by atomic mass is 9.88. The van der Waals surface area contributed by atoms with Crippen LogP contribution in [0.2, 0.25) is 5.02 Å². The third-order valence-electron chi connectivity index (χ3n) is 4.53. The average Bonchev–Trinajstić information content (AvgIpc) is 2.65. The van der Waals surface area contributed by atoms with Crippen molar-refractivity contribution in [2.45, 2.75) is 25.8 Å². The van der Waals surface area contributed by atoms with E-state index in [9.17, 15) is 9.90 Å². The number of pyridine rings is 1. The zero-order chi connectivity index (χ0) is 19.2. The second-order valence-corrected chi connectivity index (χ2v) is 6.92. The highest BCUT2D eigenvalue weighted by Gasteiger charge is 2.19. The van der Waals surface area contributed by atoms with Gasteiger partial charge in [-0.3, -0.25) is 9.78 Å². The Hall–Kier alpha value is -2.85. The van der Waals surface area contributed by atoms with Gasteiger partial charge in [-0.2, -0.15) is 0 Å². The fourth-order valence-electron chi connectivity index (χ4n) is 3.04. The number of aromatic hydroxyl groups is 1. The molecule has 0 aliphatic carbocycles. The van der Waals surface area contributed by atoms with Gasteiger partial charge in [0.2, 0.25) is 5.91 Å². The fourth-order valence-corrected chi connectivity index (χ4v) is 3.24. The summed E-state index contributed by atoms with van der Waals surface area (Å²) in [5, 5.41) is 13.4. The SMILES string of the molecule is Cc1cnccc1CNC(=O)C[C@H](c1cccc(O)c1)c1cccc(Cl)c1. The van der Waals surface area contributed by atoms with Crippen LogP contribution in [0, 0.1) is 6.92 Å². The third kappa shape index (κ3) is 5.08. The summed E-state index contributed by atoms with van der Waals surface area (Å²) < 4.78 is 0. The minimum atomic E-state index is -0.200. The van der Waals surface area contributed by atoms with E-state index >= 15 is 0 Å². The van der Waals surface area contributed by atoms with E-state index in [-0.39, 0.29) is 24.0 Å². The molecular weight excluding hydrogens is 360 g/mol. The van der Waals surface area contributed by atoms with Crippen molar-refractivity contribution in [1.82, 2.24) is 10.3 Å². The molecule has 0 fully saturated rings. The van der Waals surface area contributed by atoms with Crippen LogP contribution >= 0.6 is 11.6 Å². The Morgan fingerprint density at radius 3 is 2.59 bits per heavy atom. The Balaban J connectivity index is 1.79. The molecule has 5 heteroatoms. The fraction of sp³-hybridized carbons (Fsp3) is 0.182. The van der Waals surface area contributed by atoms with Gasteiger partial charge >= 0.3 is 0 Å². The molecule has 2 aromatic carbocycles. The van der Waals surface area contributed by atoms with Crippen LogP contribution in [0.1, 0.15) is 34.6 Å². The molecule has 138 valence electrons. The highest BCUT2D eigenvalue weighted by molar-refractivity contribution is 6.30. The molecule has 1 atom stereocenters. The minimum absolute atomic E-state index is 0.0699. The number of carbonyl (C=O) groups is 1. The molecule has 0 aliphatic rings. The topological polar surface area (TPSA) is 62.2 Å². The van der Waals surface area contributed by atoms with Crippen molar-refractivity contribution in [3.63, 3.8) is 0 Å². The molecule has 4 nitrogen and oxygen atoms in total. The van der Waals surface area contributed by atoms with Crippen LogP contribution in [0.5, 0.6) is 5.75 Å². The lowest BCUT2D eigenvalue weighted by Gasteiger charge is -2.18. The smallest absolute Gasteiger partial charge is 0.221 e. The predicted octanol–water partition coefficient (Wildman–Crippen LogP) is 4.59. The first kappa shape index (κ1) is 18.9. The molecule has 0 bridgehead atoms. The van der Waals surface area contributed by atoms with Crippen LogP contribution in [0.15, 0.2) is 67.0 Å². The maximum absolute atomic E-state index is 12.6. The number of hydrogen-bond donors (Lipinski definition) is 2. The van der Waals surface area contributed by atoms with Crippen LogP contribution in [-0.2, 0) is 11.3 Å². The summed E-state index contributed by atoms with van der Waals surface area (Å²) in [6.45, 7) is 2.42. The van der Waals surface area contributed by atoms with E-state index in [0.717, 1.165) is 22.3 Å². The van der Waals surface area contributed by atoms with E-state index in [1.165, 1.54) is 0 Å². The highest BCUT2D eigenvalue weighted by Crippen LogP contribution is 2.31. The van der Waals surface area contributed by atoms with Gasteiger partial charge in [0.1, 0.15) is 5.75 Å². The summed E-state index contributed by atoms with van der Waals surface area (Å²) in [4.78, 5) is 16.7. The molecule has 1 amide bonds. The second-order valence-electron chi connectivity index (χ2n) is 6.49. The summed E-state index contributed by atoms with van der Waals surface area (Å²) in [6.07, 6.45) is 3.76. The molecule has 27 heavy (non-hydrogen) atoms. The van der Waals surface area contributed by atoms with E-state index in [0.29, 0.717) is 11.6 Å². The van der Waals surface area contributed by atoms with E-state index < -0.39 is 0 Å². The van der Waals surface area contributed by atoms with Gasteiger partial charge in [-0.15, -0.1) is 0 Å². The molecule has 3 aromatic rings. The summed E-state index contributed by atoms with van der Waals surface area (Å²) in [6, 6.07) is 16.4. The Morgan fingerprint density at radius 1 is 1.15 bits per heavy atom. The predicted molar refractivity (Wildman–Crippen MR) is 107 cm³/mol. The molecule has 3 rings (SSSR count). The molecule has 0 unspecified atom stereocenters. The molecule has 0 spiro atoms. The van der Waals surface area contributed by atoms with Gasteiger partial charge in [0.05, 0.1) is 0 Å². The van der Waals surface area contributed by atoms with Crippen LogP contribution in [-0.4, -0.2) is 16.0 Å². The number of benzene rings is 2. The first-order valence-corrected chi connectivity index (χ1v) is 9.11. The van der Waals surface area contributed by atoms with Gasteiger partial charge in [-0.05, 0) is 59.5 Å². The van der Waals surface area contributed by atoms with E-state index in [4.69, 9.17) is 11.6 Å².